The van der Waals surface area contributed by atoms with Crippen molar-refractivity contribution < 1.29 is 4.39 Å². The third-order valence-corrected chi connectivity index (χ3v) is 3.53. The number of nitrogens with zero attached hydrogens (tertiary/aromatic N) is 1. The van der Waals surface area contributed by atoms with Crippen LogP contribution in [-0.4, -0.2) is 24.5 Å². The topological polar surface area (TPSA) is 29.3 Å². The van der Waals surface area contributed by atoms with Gasteiger partial charge in [0.05, 0.1) is 0 Å². The van der Waals surface area contributed by atoms with Gasteiger partial charge in [-0.2, -0.15) is 0 Å². The predicted molar refractivity (Wildman–Crippen MR) is 75.4 cm³/mol. The van der Waals surface area contributed by atoms with Crippen LogP contribution in [0.15, 0.2) is 18.2 Å². The van der Waals surface area contributed by atoms with E-state index < -0.39 is 0 Å². The van der Waals surface area contributed by atoms with Crippen LogP contribution in [0.5, 0.6) is 0 Å². The Kier molecular flexibility index (Phi) is 6.06. The summed E-state index contributed by atoms with van der Waals surface area (Å²) < 4.78 is 13.7. The minimum absolute atomic E-state index is 0. The van der Waals surface area contributed by atoms with E-state index in [0.717, 1.165) is 30.8 Å². The Bertz CT molecular complexity index is 384. The Hall–Kier alpha value is -0.640. The highest BCUT2D eigenvalue weighted by atomic mass is 35.5. The quantitative estimate of drug-likeness (QED) is 0.917. The Balaban J connectivity index is 0.00000162. The van der Waals surface area contributed by atoms with Gasteiger partial charge in [-0.3, -0.25) is 4.90 Å². The summed E-state index contributed by atoms with van der Waals surface area (Å²) in [5.41, 5.74) is 7.64. The van der Waals surface area contributed by atoms with E-state index in [-0.39, 0.29) is 18.2 Å². The van der Waals surface area contributed by atoms with E-state index in [1.807, 2.05) is 19.1 Å². The molecule has 1 fully saturated rings. The maximum atomic E-state index is 13.7. The second-order valence-corrected chi connectivity index (χ2v) is 5.07. The third-order valence-electron chi connectivity index (χ3n) is 3.53. The largest absolute Gasteiger partial charge is 0.330 e. The lowest BCUT2D eigenvalue weighted by atomic mass is 9.97. The lowest BCUT2D eigenvalue weighted by Gasteiger charge is -2.32. The number of benzene rings is 1. The smallest absolute Gasteiger partial charge is 0.127 e. The highest BCUT2D eigenvalue weighted by Crippen LogP contribution is 2.19. The fourth-order valence-corrected chi connectivity index (χ4v) is 2.55. The summed E-state index contributed by atoms with van der Waals surface area (Å²) in [5, 5.41) is 0. The number of hydrogen-bond acceptors (Lipinski definition) is 2. The SMILES string of the molecule is Cc1ccc(F)c(CN2CCCC(CN)C2)c1.Cl. The van der Waals surface area contributed by atoms with E-state index in [2.05, 4.69) is 4.90 Å². The molecular weight excluding hydrogens is 251 g/mol. The monoisotopic (exact) mass is 272 g/mol. The number of likely N-dealkylation sites (tertiary alicyclic amines) is 1. The van der Waals surface area contributed by atoms with E-state index in [0.29, 0.717) is 12.5 Å². The maximum Gasteiger partial charge on any atom is 0.127 e. The predicted octanol–water partition coefficient (Wildman–Crippen LogP) is 2.73. The van der Waals surface area contributed by atoms with Crippen LogP contribution in [0.4, 0.5) is 4.39 Å². The molecule has 0 radical (unpaired) electrons. The molecule has 102 valence electrons. The first-order chi connectivity index (χ1) is 8.19. The maximum absolute atomic E-state index is 13.7. The van der Waals surface area contributed by atoms with Crippen molar-refractivity contribution in [3.8, 4) is 0 Å². The van der Waals surface area contributed by atoms with E-state index in [4.69, 9.17) is 5.73 Å². The molecule has 1 heterocycles. The van der Waals surface area contributed by atoms with Gasteiger partial charge < -0.3 is 5.73 Å². The molecule has 1 aromatic carbocycles. The molecular formula is C14H22ClFN2. The molecule has 0 saturated carbocycles. The minimum Gasteiger partial charge on any atom is -0.330 e. The highest BCUT2D eigenvalue weighted by Gasteiger charge is 2.19. The van der Waals surface area contributed by atoms with E-state index in [9.17, 15) is 4.39 Å². The van der Waals surface area contributed by atoms with Gasteiger partial charge in [0.1, 0.15) is 5.82 Å². The molecule has 0 aromatic heterocycles. The van der Waals surface area contributed by atoms with Crippen LogP contribution in [0.1, 0.15) is 24.0 Å². The number of halogens is 2. The second-order valence-electron chi connectivity index (χ2n) is 5.07. The van der Waals surface area contributed by atoms with Crippen LogP contribution in [0.2, 0.25) is 0 Å². The van der Waals surface area contributed by atoms with Gasteiger partial charge in [-0.05, 0) is 44.8 Å². The van der Waals surface area contributed by atoms with Crippen LogP contribution >= 0.6 is 12.4 Å². The minimum atomic E-state index is -0.0922. The molecule has 4 heteroatoms. The van der Waals surface area contributed by atoms with E-state index in [1.54, 1.807) is 6.07 Å². The van der Waals surface area contributed by atoms with Gasteiger partial charge in [-0.1, -0.05) is 17.7 Å². The number of hydrogen-bond donors (Lipinski definition) is 1. The number of nitrogens with two attached hydrogens (primary N) is 1. The average Bonchev–Trinajstić information content (AvgIpc) is 2.34. The second kappa shape index (κ2) is 7.07. The molecule has 18 heavy (non-hydrogen) atoms. The molecule has 0 bridgehead atoms. The number of piperidine rings is 1. The summed E-state index contributed by atoms with van der Waals surface area (Å²) in [5.74, 6) is 0.488. The molecule has 2 N–H and O–H groups in total. The van der Waals surface area contributed by atoms with Crippen molar-refractivity contribution >= 4 is 12.4 Å². The van der Waals surface area contributed by atoms with Crippen molar-refractivity contribution in [1.29, 1.82) is 0 Å². The number of rotatable bonds is 3. The zero-order valence-electron chi connectivity index (χ0n) is 10.9. The Morgan fingerprint density at radius 2 is 2.22 bits per heavy atom. The fraction of sp³-hybridized carbons (Fsp3) is 0.571. The summed E-state index contributed by atoms with van der Waals surface area (Å²) in [6.45, 7) is 5.52. The third kappa shape index (κ3) is 3.94. The summed E-state index contributed by atoms with van der Waals surface area (Å²) in [7, 11) is 0. The van der Waals surface area contributed by atoms with Crippen molar-refractivity contribution in [2.45, 2.75) is 26.3 Å². The standard InChI is InChI=1S/C14H21FN2.ClH/c1-11-4-5-14(15)13(7-11)10-17-6-2-3-12(8-16)9-17;/h4-5,7,12H,2-3,6,8-10,16H2,1H3;1H. The van der Waals surface area contributed by atoms with Gasteiger partial charge in [0.2, 0.25) is 0 Å². The molecule has 2 nitrogen and oxygen atoms in total. The fourth-order valence-electron chi connectivity index (χ4n) is 2.55. The van der Waals surface area contributed by atoms with Crippen molar-refractivity contribution in [1.82, 2.24) is 4.90 Å². The van der Waals surface area contributed by atoms with Gasteiger partial charge in [-0.15, -0.1) is 12.4 Å². The molecule has 0 spiro atoms. The average molecular weight is 273 g/mol. The molecule has 1 aromatic rings. The van der Waals surface area contributed by atoms with Crippen LogP contribution in [0, 0.1) is 18.7 Å². The molecule has 0 aliphatic carbocycles. The van der Waals surface area contributed by atoms with Crippen molar-refractivity contribution in [2.75, 3.05) is 19.6 Å². The first-order valence-corrected chi connectivity index (χ1v) is 6.36. The van der Waals surface area contributed by atoms with E-state index in [1.165, 1.54) is 12.8 Å². The van der Waals surface area contributed by atoms with Crippen molar-refractivity contribution in [3.05, 3.63) is 35.1 Å². The van der Waals surface area contributed by atoms with Gasteiger partial charge in [0, 0.05) is 18.7 Å². The lowest BCUT2D eigenvalue weighted by molar-refractivity contribution is 0.169. The Labute approximate surface area is 115 Å². The lowest BCUT2D eigenvalue weighted by Crippen LogP contribution is -2.38. The highest BCUT2D eigenvalue weighted by molar-refractivity contribution is 5.85. The molecule has 1 atom stereocenters. The van der Waals surface area contributed by atoms with E-state index >= 15 is 0 Å². The Morgan fingerprint density at radius 3 is 2.94 bits per heavy atom. The summed E-state index contributed by atoms with van der Waals surface area (Å²) >= 11 is 0. The van der Waals surface area contributed by atoms with Crippen molar-refractivity contribution in [2.24, 2.45) is 11.7 Å². The normalized spacial score (nSPS) is 20.5. The van der Waals surface area contributed by atoms with Gasteiger partial charge in [0.15, 0.2) is 0 Å². The van der Waals surface area contributed by atoms with Gasteiger partial charge in [0.25, 0.3) is 0 Å². The molecule has 2 rings (SSSR count). The van der Waals surface area contributed by atoms with Crippen LogP contribution in [0.25, 0.3) is 0 Å². The molecule has 1 unspecified atom stereocenters. The number of aryl methyl sites for hydroxylation is 1. The first kappa shape index (κ1) is 15.4. The zero-order chi connectivity index (χ0) is 12.3. The summed E-state index contributed by atoms with van der Waals surface area (Å²) in [6.07, 6.45) is 2.39. The summed E-state index contributed by atoms with van der Waals surface area (Å²) in [6, 6.07) is 5.33. The Morgan fingerprint density at radius 1 is 1.44 bits per heavy atom. The molecule has 1 saturated heterocycles. The van der Waals surface area contributed by atoms with Crippen LogP contribution in [0.3, 0.4) is 0 Å². The first-order valence-electron chi connectivity index (χ1n) is 6.36. The van der Waals surface area contributed by atoms with Crippen LogP contribution in [-0.2, 0) is 6.54 Å². The molecule has 0 amide bonds. The molecule has 1 aliphatic rings. The molecule has 1 aliphatic heterocycles. The summed E-state index contributed by atoms with van der Waals surface area (Å²) in [4.78, 5) is 2.32. The van der Waals surface area contributed by atoms with Crippen LogP contribution < -0.4 is 5.73 Å². The van der Waals surface area contributed by atoms with Gasteiger partial charge in [-0.25, -0.2) is 4.39 Å². The van der Waals surface area contributed by atoms with Crippen molar-refractivity contribution in [3.63, 3.8) is 0 Å². The zero-order valence-corrected chi connectivity index (χ0v) is 11.7. The van der Waals surface area contributed by atoms with Gasteiger partial charge >= 0.3 is 0 Å².